The molecule has 1 aromatic rings. The zero-order chi connectivity index (χ0) is 14.9. The molecule has 0 aliphatic carbocycles. The second-order valence-electron chi connectivity index (χ2n) is 4.74. The molecule has 0 bridgehead atoms. The van der Waals surface area contributed by atoms with Gasteiger partial charge in [-0.15, -0.1) is 0 Å². The lowest BCUT2D eigenvalue weighted by molar-refractivity contribution is -0.383. The first-order chi connectivity index (χ1) is 9.43. The third-order valence-corrected chi connectivity index (χ3v) is 3.70. The Morgan fingerprint density at radius 2 is 2.30 bits per heavy atom. The first-order valence-electron chi connectivity index (χ1n) is 6.07. The summed E-state index contributed by atoms with van der Waals surface area (Å²) < 4.78 is 0. The summed E-state index contributed by atoms with van der Waals surface area (Å²) >= 11 is 5.83. The molecule has 1 saturated heterocycles. The monoisotopic (exact) mass is 299 g/mol. The highest BCUT2D eigenvalue weighted by molar-refractivity contribution is 6.34. The van der Waals surface area contributed by atoms with Crippen LogP contribution >= 0.6 is 11.6 Å². The molecule has 8 heteroatoms. The average molecular weight is 300 g/mol. The van der Waals surface area contributed by atoms with Crippen LogP contribution in [0.5, 0.6) is 0 Å². The summed E-state index contributed by atoms with van der Waals surface area (Å²) in [6, 6.07) is 2.47. The first kappa shape index (κ1) is 14.5. The van der Waals surface area contributed by atoms with Crippen molar-refractivity contribution in [1.29, 1.82) is 0 Å². The van der Waals surface area contributed by atoms with Crippen LogP contribution in [0.2, 0.25) is 5.02 Å². The number of anilines is 1. The van der Waals surface area contributed by atoms with E-state index in [0.29, 0.717) is 19.5 Å². The Labute approximate surface area is 120 Å². The van der Waals surface area contributed by atoms with E-state index >= 15 is 0 Å². The topological polar surface area (TPSA) is 110 Å². The Bertz CT molecular complexity index is 564. The van der Waals surface area contributed by atoms with E-state index in [2.05, 4.69) is 0 Å². The Balaban J connectivity index is 2.29. The molecule has 1 aliphatic heterocycles. The number of nitrogen functional groups attached to an aromatic ring is 1. The Kier molecular flexibility index (Phi) is 4.10. The number of likely N-dealkylation sites (tertiary alicyclic amines) is 1. The van der Waals surface area contributed by atoms with Crippen molar-refractivity contribution in [3.8, 4) is 0 Å². The molecular weight excluding hydrogens is 286 g/mol. The Hall–Kier alpha value is -1.86. The molecule has 1 unspecified atom stereocenters. The number of carbonyl (C=O) groups excluding carboxylic acids is 1. The number of hydrogen-bond acceptors (Lipinski definition) is 5. The van der Waals surface area contributed by atoms with Gasteiger partial charge in [-0.3, -0.25) is 14.9 Å². The van der Waals surface area contributed by atoms with Crippen molar-refractivity contribution < 1.29 is 14.8 Å². The van der Waals surface area contributed by atoms with Crippen LogP contribution in [-0.2, 0) is 0 Å². The van der Waals surface area contributed by atoms with Gasteiger partial charge in [0.15, 0.2) is 0 Å². The molecule has 20 heavy (non-hydrogen) atoms. The van der Waals surface area contributed by atoms with E-state index in [-0.39, 0.29) is 40.4 Å². The molecule has 1 atom stereocenters. The standard InChI is InChI=1S/C12H14ClN3O4/c13-9-3-8(4-10(11(9)14)16(19)20)12(18)15-2-1-7(5-15)6-17/h3-4,7,17H,1-2,5-6,14H2. The minimum absolute atomic E-state index is 0.0135. The predicted octanol–water partition coefficient (Wildman–Crippen LogP) is 1.28. The summed E-state index contributed by atoms with van der Waals surface area (Å²) in [6.07, 6.45) is 0.715. The lowest BCUT2D eigenvalue weighted by Gasteiger charge is -2.16. The third kappa shape index (κ3) is 2.68. The minimum atomic E-state index is -0.668. The van der Waals surface area contributed by atoms with Crippen molar-refractivity contribution in [3.05, 3.63) is 32.8 Å². The van der Waals surface area contributed by atoms with Crippen molar-refractivity contribution in [1.82, 2.24) is 4.90 Å². The highest BCUT2D eigenvalue weighted by atomic mass is 35.5. The molecule has 0 aromatic heterocycles. The minimum Gasteiger partial charge on any atom is -0.396 e. The quantitative estimate of drug-likeness (QED) is 0.496. The van der Waals surface area contributed by atoms with E-state index in [0.717, 1.165) is 6.07 Å². The molecule has 108 valence electrons. The number of nitro groups is 1. The Morgan fingerprint density at radius 1 is 1.60 bits per heavy atom. The van der Waals surface area contributed by atoms with E-state index in [1.165, 1.54) is 6.07 Å². The molecular formula is C12H14ClN3O4. The fourth-order valence-corrected chi connectivity index (χ4v) is 2.44. The zero-order valence-electron chi connectivity index (χ0n) is 10.6. The molecule has 7 nitrogen and oxygen atoms in total. The summed E-state index contributed by atoms with van der Waals surface area (Å²) in [5.74, 6) is -0.288. The molecule has 3 N–H and O–H groups in total. The molecule has 1 amide bonds. The van der Waals surface area contributed by atoms with Crippen LogP contribution in [0.1, 0.15) is 16.8 Å². The number of carbonyl (C=O) groups is 1. The lowest BCUT2D eigenvalue weighted by atomic mass is 10.1. The van der Waals surface area contributed by atoms with Gasteiger partial charge in [-0.1, -0.05) is 11.6 Å². The number of aliphatic hydroxyl groups excluding tert-OH is 1. The van der Waals surface area contributed by atoms with Crippen molar-refractivity contribution in [2.45, 2.75) is 6.42 Å². The van der Waals surface area contributed by atoms with E-state index in [4.69, 9.17) is 22.4 Å². The number of nitrogens with zero attached hydrogens (tertiary/aromatic N) is 2. The maximum absolute atomic E-state index is 12.3. The van der Waals surface area contributed by atoms with Crippen LogP contribution in [0.25, 0.3) is 0 Å². The average Bonchev–Trinajstić information content (AvgIpc) is 2.89. The fourth-order valence-electron chi connectivity index (χ4n) is 2.23. The second kappa shape index (κ2) is 5.64. The van der Waals surface area contributed by atoms with E-state index in [9.17, 15) is 14.9 Å². The van der Waals surface area contributed by atoms with E-state index in [1.54, 1.807) is 4.90 Å². The van der Waals surface area contributed by atoms with Crippen molar-refractivity contribution in [2.75, 3.05) is 25.4 Å². The number of benzene rings is 1. The second-order valence-corrected chi connectivity index (χ2v) is 5.14. The van der Waals surface area contributed by atoms with Gasteiger partial charge in [0.1, 0.15) is 5.69 Å². The molecule has 2 rings (SSSR count). The van der Waals surface area contributed by atoms with Crippen molar-refractivity contribution >= 4 is 28.9 Å². The van der Waals surface area contributed by atoms with Crippen molar-refractivity contribution in [2.24, 2.45) is 5.92 Å². The molecule has 1 fully saturated rings. The number of aliphatic hydroxyl groups is 1. The highest BCUT2D eigenvalue weighted by Crippen LogP contribution is 2.31. The van der Waals surface area contributed by atoms with Crippen LogP contribution in [0, 0.1) is 16.0 Å². The summed E-state index contributed by atoms with van der Waals surface area (Å²) in [6.45, 7) is 0.970. The molecule has 0 saturated carbocycles. The van der Waals surface area contributed by atoms with Gasteiger partial charge in [-0.25, -0.2) is 0 Å². The number of hydrogen-bond donors (Lipinski definition) is 2. The number of amides is 1. The maximum Gasteiger partial charge on any atom is 0.294 e. The summed E-state index contributed by atoms with van der Waals surface area (Å²) in [4.78, 5) is 24.0. The summed E-state index contributed by atoms with van der Waals surface area (Å²) in [5.41, 5.74) is 5.13. The van der Waals surface area contributed by atoms with Crippen LogP contribution in [0.4, 0.5) is 11.4 Å². The summed E-state index contributed by atoms with van der Waals surface area (Å²) in [5, 5.41) is 19.9. The zero-order valence-corrected chi connectivity index (χ0v) is 11.3. The van der Waals surface area contributed by atoms with Gasteiger partial charge in [-0.05, 0) is 12.5 Å². The van der Waals surface area contributed by atoms with Gasteiger partial charge in [0, 0.05) is 37.2 Å². The lowest BCUT2D eigenvalue weighted by Crippen LogP contribution is -2.29. The van der Waals surface area contributed by atoms with E-state index in [1.807, 2.05) is 0 Å². The molecule has 0 spiro atoms. The number of rotatable bonds is 3. The van der Waals surface area contributed by atoms with Gasteiger partial charge < -0.3 is 15.7 Å². The van der Waals surface area contributed by atoms with Gasteiger partial charge in [-0.2, -0.15) is 0 Å². The third-order valence-electron chi connectivity index (χ3n) is 3.38. The summed E-state index contributed by atoms with van der Waals surface area (Å²) in [7, 11) is 0. The number of halogens is 1. The van der Waals surface area contributed by atoms with Crippen LogP contribution in [0.15, 0.2) is 12.1 Å². The molecule has 1 heterocycles. The smallest absolute Gasteiger partial charge is 0.294 e. The normalized spacial score (nSPS) is 18.3. The predicted molar refractivity (Wildman–Crippen MR) is 73.6 cm³/mol. The Morgan fingerprint density at radius 3 is 2.85 bits per heavy atom. The van der Waals surface area contributed by atoms with Crippen molar-refractivity contribution in [3.63, 3.8) is 0 Å². The number of nitrogens with two attached hydrogens (primary N) is 1. The highest BCUT2D eigenvalue weighted by Gasteiger charge is 2.28. The maximum atomic E-state index is 12.3. The fraction of sp³-hybridized carbons (Fsp3) is 0.417. The molecule has 0 radical (unpaired) electrons. The van der Waals surface area contributed by atoms with Crippen LogP contribution in [0.3, 0.4) is 0 Å². The van der Waals surface area contributed by atoms with Gasteiger partial charge in [0.05, 0.1) is 9.95 Å². The van der Waals surface area contributed by atoms with E-state index < -0.39 is 4.92 Å². The van der Waals surface area contributed by atoms with Crippen LogP contribution in [-0.4, -0.2) is 40.5 Å². The molecule has 1 aromatic carbocycles. The SMILES string of the molecule is Nc1c(Cl)cc(C(=O)N2CCC(CO)C2)cc1[N+](=O)[O-]. The first-order valence-corrected chi connectivity index (χ1v) is 6.45. The van der Waals surface area contributed by atoms with Gasteiger partial charge in [0.25, 0.3) is 11.6 Å². The van der Waals surface area contributed by atoms with Crippen LogP contribution < -0.4 is 5.73 Å². The number of nitro benzene ring substituents is 1. The van der Waals surface area contributed by atoms with Gasteiger partial charge >= 0.3 is 0 Å². The van der Waals surface area contributed by atoms with Gasteiger partial charge in [0.2, 0.25) is 0 Å². The largest absolute Gasteiger partial charge is 0.396 e. The molecule has 1 aliphatic rings.